The quantitative estimate of drug-likeness (QED) is 0.232. The Labute approximate surface area is 231 Å². The van der Waals surface area contributed by atoms with Crippen LogP contribution in [0.2, 0.25) is 0 Å². The number of amides is 1. The molecule has 3 rings (SSSR count). The van der Waals surface area contributed by atoms with Crippen LogP contribution in [0.3, 0.4) is 0 Å². The van der Waals surface area contributed by atoms with Gasteiger partial charge in [-0.15, -0.1) is 0 Å². The van der Waals surface area contributed by atoms with Gasteiger partial charge in [-0.2, -0.15) is 0 Å². The fraction of sp³-hybridized carbons (Fsp3) is 0.840. The summed E-state index contributed by atoms with van der Waals surface area (Å²) in [5.41, 5.74) is 0. The summed E-state index contributed by atoms with van der Waals surface area (Å²) in [6, 6.07) is -1.18. The summed E-state index contributed by atoms with van der Waals surface area (Å²) in [6.07, 6.45) is -9.24. The molecule has 228 valence electrons. The largest absolute Gasteiger partial charge is 0.463 e. The Balaban J connectivity index is 1.81. The Morgan fingerprint density at radius 1 is 0.900 bits per heavy atom. The maximum absolute atomic E-state index is 12.1. The normalized spacial score (nSPS) is 35.4. The molecule has 0 aromatic heterocycles. The van der Waals surface area contributed by atoms with Crippen molar-refractivity contribution in [3.8, 4) is 0 Å². The topological polar surface area (TPSA) is 184 Å². The van der Waals surface area contributed by atoms with Gasteiger partial charge in [0, 0.05) is 34.3 Å². The Morgan fingerprint density at radius 2 is 1.55 bits per heavy atom. The zero-order valence-corrected chi connectivity index (χ0v) is 23.6. The van der Waals surface area contributed by atoms with Crippen molar-refractivity contribution in [1.29, 1.82) is 0 Å². The third-order valence-corrected chi connectivity index (χ3v) is 6.27. The van der Waals surface area contributed by atoms with Gasteiger partial charge in [-0.1, -0.05) is 0 Å². The van der Waals surface area contributed by atoms with E-state index in [9.17, 15) is 24.3 Å². The summed E-state index contributed by atoms with van der Waals surface area (Å²) in [5.74, 6) is -3.52. The van der Waals surface area contributed by atoms with Gasteiger partial charge >= 0.3 is 17.9 Å². The predicted molar refractivity (Wildman–Crippen MR) is 130 cm³/mol. The molecule has 0 spiro atoms. The van der Waals surface area contributed by atoms with Crippen LogP contribution in [0.4, 0.5) is 0 Å². The van der Waals surface area contributed by atoms with E-state index in [1.165, 1.54) is 13.8 Å². The number of fused-ring (bicyclic) bond motifs is 1. The molecule has 15 heteroatoms. The van der Waals surface area contributed by atoms with Crippen LogP contribution in [-0.2, 0) is 61.8 Å². The molecule has 0 unspecified atom stereocenters. The van der Waals surface area contributed by atoms with E-state index < -0.39 is 91.0 Å². The highest BCUT2D eigenvalue weighted by Gasteiger charge is 2.57. The molecular weight excluding hydrogens is 538 g/mol. The molecule has 3 saturated heterocycles. The van der Waals surface area contributed by atoms with E-state index >= 15 is 0 Å². The minimum atomic E-state index is -1.34. The molecule has 0 aromatic carbocycles. The fourth-order valence-electron chi connectivity index (χ4n) is 4.92. The molecule has 0 bridgehead atoms. The minimum Gasteiger partial charge on any atom is -0.463 e. The van der Waals surface area contributed by atoms with Crippen molar-refractivity contribution in [2.24, 2.45) is 0 Å². The number of rotatable bonds is 11. The second-order valence-electron chi connectivity index (χ2n) is 10.1. The summed E-state index contributed by atoms with van der Waals surface area (Å²) in [4.78, 5) is 47.5. The standard InChI is InChI=1S/C25H39NO14/c1-8-32-21-18(38-24-22(21)39-25(6,7)40-24)15(31)9-34-23-17(26-11(2)27)20(36-14(5)30)19(35-13(4)29)16(37-23)10-33-12(3)28/h15-24,31H,8-10H2,1-7H3,(H,26,27)/t15-,16-,17+,18+,19+,20-,21-,22-,23-,24-/m1/s1. The van der Waals surface area contributed by atoms with Crippen molar-refractivity contribution in [3.63, 3.8) is 0 Å². The molecule has 0 radical (unpaired) electrons. The number of carbonyl (C=O) groups is 4. The average Bonchev–Trinajstić information content (AvgIpc) is 3.31. The van der Waals surface area contributed by atoms with Crippen LogP contribution >= 0.6 is 0 Å². The average molecular weight is 578 g/mol. The Morgan fingerprint density at radius 3 is 2.12 bits per heavy atom. The van der Waals surface area contributed by atoms with E-state index in [1.807, 2.05) is 0 Å². The summed E-state index contributed by atoms with van der Waals surface area (Å²) < 4.78 is 51.1. The predicted octanol–water partition coefficient (Wildman–Crippen LogP) is -0.698. The van der Waals surface area contributed by atoms with Gasteiger partial charge in [-0.25, -0.2) is 0 Å². The lowest BCUT2D eigenvalue weighted by Gasteiger charge is -2.45. The van der Waals surface area contributed by atoms with Crippen LogP contribution in [0.5, 0.6) is 0 Å². The number of carbonyl (C=O) groups excluding carboxylic acids is 4. The maximum atomic E-state index is 12.1. The molecule has 15 nitrogen and oxygen atoms in total. The minimum absolute atomic E-state index is 0.320. The number of esters is 3. The van der Waals surface area contributed by atoms with Gasteiger partial charge < -0.3 is 53.1 Å². The second-order valence-corrected chi connectivity index (χ2v) is 10.1. The Bertz CT molecular complexity index is 927. The molecule has 3 fully saturated rings. The molecule has 0 saturated carbocycles. The molecule has 3 aliphatic heterocycles. The van der Waals surface area contributed by atoms with Gasteiger partial charge in [0.2, 0.25) is 5.91 Å². The van der Waals surface area contributed by atoms with Gasteiger partial charge in [0.15, 0.2) is 30.6 Å². The summed E-state index contributed by atoms with van der Waals surface area (Å²) >= 11 is 0. The van der Waals surface area contributed by atoms with Gasteiger partial charge in [0.05, 0.1) is 6.61 Å². The van der Waals surface area contributed by atoms with Crippen LogP contribution in [0.25, 0.3) is 0 Å². The Hall–Kier alpha value is -2.40. The number of hydrogen-bond acceptors (Lipinski definition) is 14. The first-order chi connectivity index (χ1) is 18.7. The van der Waals surface area contributed by atoms with E-state index in [1.54, 1.807) is 20.8 Å². The van der Waals surface area contributed by atoms with Gasteiger partial charge in [-0.05, 0) is 20.8 Å². The highest BCUT2D eigenvalue weighted by molar-refractivity contribution is 5.73. The first-order valence-electron chi connectivity index (χ1n) is 13.0. The molecule has 3 aliphatic rings. The van der Waals surface area contributed by atoms with E-state index in [2.05, 4.69) is 5.32 Å². The fourth-order valence-corrected chi connectivity index (χ4v) is 4.92. The summed E-state index contributed by atoms with van der Waals surface area (Å²) in [6.45, 7) is 9.50. The summed E-state index contributed by atoms with van der Waals surface area (Å²) in [7, 11) is 0. The zero-order chi connectivity index (χ0) is 29.8. The van der Waals surface area contributed by atoms with Crippen LogP contribution in [0.15, 0.2) is 0 Å². The van der Waals surface area contributed by atoms with Gasteiger partial charge in [0.25, 0.3) is 0 Å². The van der Waals surface area contributed by atoms with Crippen molar-refractivity contribution >= 4 is 23.8 Å². The first kappa shape index (κ1) is 32.1. The van der Waals surface area contributed by atoms with Crippen LogP contribution in [0.1, 0.15) is 48.5 Å². The number of nitrogens with one attached hydrogen (secondary N) is 1. The van der Waals surface area contributed by atoms with Crippen LogP contribution in [-0.4, -0.2) is 116 Å². The highest BCUT2D eigenvalue weighted by Crippen LogP contribution is 2.40. The highest BCUT2D eigenvalue weighted by atomic mass is 16.8. The number of aliphatic hydroxyl groups is 1. The summed E-state index contributed by atoms with van der Waals surface area (Å²) in [5, 5.41) is 13.6. The second kappa shape index (κ2) is 13.5. The smallest absolute Gasteiger partial charge is 0.303 e. The third-order valence-electron chi connectivity index (χ3n) is 6.27. The number of ether oxygens (including phenoxy) is 9. The number of aliphatic hydroxyl groups excluding tert-OH is 1. The Kier molecular flexibility index (Phi) is 10.8. The zero-order valence-electron chi connectivity index (χ0n) is 23.6. The van der Waals surface area contributed by atoms with E-state index in [4.69, 9.17) is 42.6 Å². The van der Waals surface area contributed by atoms with Crippen LogP contribution < -0.4 is 5.32 Å². The molecular formula is C25H39NO14. The van der Waals surface area contributed by atoms with Gasteiger partial charge in [-0.3, -0.25) is 19.2 Å². The molecule has 3 heterocycles. The monoisotopic (exact) mass is 577 g/mol. The SMILES string of the molecule is CCO[C@@H]1[C@H]([C@H](O)CO[C@@H]2O[C@H](COC(C)=O)[C@H](OC(C)=O)[C@H](OC(C)=O)[C@@H]2NC(C)=O)O[C@@H]2OC(C)(C)O[C@@H]21. The van der Waals surface area contributed by atoms with Crippen LogP contribution in [0, 0.1) is 0 Å². The van der Waals surface area contributed by atoms with E-state index in [0.717, 1.165) is 13.8 Å². The van der Waals surface area contributed by atoms with Crippen molar-refractivity contribution < 1.29 is 66.9 Å². The molecule has 2 N–H and O–H groups in total. The molecule has 10 atom stereocenters. The number of hydrogen-bond donors (Lipinski definition) is 2. The van der Waals surface area contributed by atoms with Crippen molar-refractivity contribution in [2.75, 3.05) is 19.8 Å². The molecule has 1 amide bonds. The van der Waals surface area contributed by atoms with Crippen molar-refractivity contribution in [1.82, 2.24) is 5.32 Å². The lowest BCUT2D eigenvalue weighted by molar-refractivity contribution is -0.286. The van der Waals surface area contributed by atoms with E-state index in [-0.39, 0.29) is 13.2 Å². The van der Waals surface area contributed by atoms with Crippen molar-refractivity contribution in [2.45, 2.75) is 116 Å². The van der Waals surface area contributed by atoms with E-state index in [0.29, 0.717) is 6.61 Å². The third kappa shape index (κ3) is 8.09. The molecule has 40 heavy (non-hydrogen) atoms. The maximum Gasteiger partial charge on any atom is 0.303 e. The molecule has 0 aliphatic carbocycles. The first-order valence-corrected chi connectivity index (χ1v) is 13.0. The lowest BCUT2D eigenvalue weighted by Crippen LogP contribution is -2.66. The molecule has 0 aromatic rings. The van der Waals surface area contributed by atoms with Gasteiger partial charge in [0.1, 0.15) is 43.2 Å². The van der Waals surface area contributed by atoms with Crippen molar-refractivity contribution in [3.05, 3.63) is 0 Å². The lowest BCUT2D eigenvalue weighted by atomic mass is 9.96.